The molecule has 2 heterocycles. The molecule has 6 nitrogen and oxygen atoms in total. The third kappa shape index (κ3) is 3.71. The lowest BCUT2D eigenvalue weighted by molar-refractivity contribution is -0.122. The lowest BCUT2D eigenvalue weighted by Gasteiger charge is -2.36. The van der Waals surface area contributed by atoms with Crippen LogP contribution in [0, 0.1) is 5.92 Å². The number of anilines is 1. The van der Waals surface area contributed by atoms with Crippen LogP contribution in [-0.4, -0.2) is 28.1 Å². The van der Waals surface area contributed by atoms with Gasteiger partial charge in [-0.1, -0.05) is 43.8 Å². The average Bonchev–Trinajstić information content (AvgIpc) is 2.72. The number of hydrogen-bond donors (Lipinski definition) is 2. The van der Waals surface area contributed by atoms with Crippen molar-refractivity contribution in [2.75, 3.05) is 12.4 Å². The Hall–Kier alpha value is -2.54. The molecule has 0 fully saturated rings. The van der Waals surface area contributed by atoms with Crippen LogP contribution in [0.25, 0.3) is 0 Å². The van der Waals surface area contributed by atoms with Crippen LogP contribution in [-0.2, 0) is 4.79 Å². The molecule has 1 aromatic carbocycles. The lowest BCUT2D eigenvalue weighted by Crippen LogP contribution is -2.38. The van der Waals surface area contributed by atoms with Crippen LogP contribution in [0.15, 0.2) is 46.0 Å². The lowest BCUT2D eigenvalue weighted by atomic mass is 9.72. The van der Waals surface area contributed by atoms with Crippen LogP contribution in [0.3, 0.4) is 0 Å². The van der Waals surface area contributed by atoms with Gasteiger partial charge in [0.15, 0.2) is 5.16 Å². The Bertz CT molecular complexity index is 1010. The molecule has 1 aliphatic heterocycles. The maximum Gasteiger partial charge on any atom is 0.257 e. The van der Waals surface area contributed by atoms with Gasteiger partial charge < -0.3 is 15.0 Å². The summed E-state index contributed by atoms with van der Waals surface area (Å²) in [6.45, 7) is 4.21. The molecule has 0 saturated carbocycles. The van der Waals surface area contributed by atoms with Crippen molar-refractivity contribution in [3.05, 3.63) is 57.5 Å². The van der Waals surface area contributed by atoms with Crippen LogP contribution in [0.4, 0.5) is 5.82 Å². The summed E-state index contributed by atoms with van der Waals surface area (Å²) in [5, 5.41) is 4.24. The van der Waals surface area contributed by atoms with Gasteiger partial charge in [-0.2, -0.15) is 0 Å². The van der Waals surface area contributed by atoms with Gasteiger partial charge in [-0.25, -0.2) is 4.98 Å². The number of nitrogens with zero attached hydrogens (tertiary/aromatic N) is 1. The number of allylic oxidation sites excluding steroid dienone is 2. The van der Waals surface area contributed by atoms with Crippen molar-refractivity contribution in [1.82, 2.24) is 9.97 Å². The average molecular weight is 412 g/mol. The molecule has 0 unspecified atom stereocenters. The standard InChI is InChI=1S/C22H25N3O3S/c1-4-12(2)29-22-24-20-19(21(27)25-22)17(13-8-10-14(28-3)11-9-13)18-15(23-20)6-5-7-16(18)26/h6,8-12,17-18H,4-5,7H2,1-3H3,(H2,23,24,25,27)/t12-,17-,18+/m0/s1. The number of nitrogens with one attached hydrogen (secondary N) is 2. The van der Waals surface area contributed by atoms with Gasteiger partial charge in [-0.3, -0.25) is 9.59 Å². The van der Waals surface area contributed by atoms with Crippen molar-refractivity contribution in [3.63, 3.8) is 0 Å². The number of carbonyl (C=O) groups excluding carboxylic acids is 1. The minimum Gasteiger partial charge on any atom is -0.497 e. The Morgan fingerprint density at radius 2 is 2.00 bits per heavy atom. The Labute approximate surface area is 174 Å². The summed E-state index contributed by atoms with van der Waals surface area (Å²) < 4.78 is 5.27. The fraction of sp³-hybridized carbons (Fsp3) is 0.409. The van der Waals surface area contributed by atoms with Crippen molar-refractivity contribution in [1.29, 1.82) is 0 Å². The molecule has 7 heteroatoms. The highest BCUT2D eigenvalue weighted by Gasteiger charge is 2.42. The number of H-pyrrole nitrogens is 1. The van der Waals surface area contributed by atoms with E-state index in [1.165, 1.54) is 0 Å². The van der Waals surface area contributed by atoms with Crippen molar-refractivity contribution in [3.8, 4) is 5.75 Å². The normalized spacial score (nSPS) is 21.5. The molecule has 3 atom stereocenters. The molecule has 0 saturated heterocycles. The molecule has 0 amide bonds. The van der Waals surface area contributed by atoms with Crippen LogP contribution < -0.4 is 15.6 Å². The third-order valence-electron chi connectivity index (χ3n) is 5.64. The first-order chi connectivity index (χ1) is 14.0. The number of hydrogen-bond acceptors (Lipinski definition) is 6. The number of aromatic amines is 1. The zero-order valence-electron chi connectivity index (χ0n) is 16.8. The van der Waals surface area contributed by atoms with E-state index in [9.17, 15) is 9.59 Å². The Kier molecular flexibility index (Phi) is 5.50. The minimum atomic E-state index is -0.388. The molecular weight excluding hydrogens is 386 g/mol. The highest BCUT2D eigenvalue weighted by molar-refractivity contribution is 7.99. The Morgan fingerprint density at radius 1 is 1.24 bits per heavy atom. The number of ether oxygens (including phenoxy) is 1. The van der Waals surface area contributed by atoms with Crippen LogP contribution in [0.1, 0.15) is 50.2 Å². The molecule has 152 valence electrons. The van der Waals surface area contributed by atoms with Gasteiger partial charge in [0.05, 0.1) is 18.6 Å². The van der Waals surface area contributed by atoms with Crippen LogP contribution in [0.2, 0.25) is 0 Å². The summed E-state index contributed by atoms with van der Waals surface area (Å²) >= 11 is 1.55. The van der Waals surface area contributed by atoms with E-state index in [4.69, 9.17) is 9.72 Å². The molecule has 1 aromatic heterocycles. The SMILES string of the molecule is CC[C@H](C)Sc1nc2c(c(=O)[nH]1)[C@@H](c1ccc(OC)cc1)[C@H]1C(=O)CCC=C1N2. The van der Waals surface area contributed by atoms with Crippen LogP contribution >= 0.6 is 11.8 Å². The van der Waals surface area contributed by atoms with Gasteiger partial charge in [-0.05, 0) is 30.5 Å². The van der Waals surface area contributed by atoms with E-state index in [-0.39, 0.29) is 23.2 Å². The summed E-state index contributed by atoms with van der Waals surface area (Å²) in [7, 11) is 1.62. The molecule has 4 rings (SSSR count). The van der Waals surface area contributed by atoms with Gasteiger partial charge in [0.1, 0.15) is 17.4 Å². The van der Waals surface area contributed by atoms with Gasteiger partial charge in [-0.15, -0.1) is 0 Å². The number of thioether (sulfide) groups is 1. The zero-order chi connectivity index (χ0) is 20.5. The molecule has 0 spiro atoms. The second-order valence-electron chi connectivity index (χ2n) is 7.49. The molecule has 29 heavy (non-hydrogen) atoms. The summed E-state index contributed by atoms with van der Waals surface area (Å²) in [5.74, 6) is 0.688. The summed E-state index contributed by atoms with van der Waals surface area (Å²) in [6, 6.07) is 7.59. The molecular formula is C22H25N3O3S. The highest BCUT2D eigenvalue weighted by Crippen LogP contribution is 2.45. The third-order valence-corrected chi connectivity index (χ3v) is 6.79. The predicted molar refractivity (Wildman–Crippen MR) is 115 cm³/mol. The molecule has 1 aliphatic carbocycles. The fourth-order valence-corrected chi connectivity index (χ4v) is 4.81. The number of fused-ring (bicyclic) bond motifs is 2. The van der Waals surface area contributed by atoms with Gasteiger partial charge in [0.2, 0.25) is 0 Å². The number of carbonyl (C=O) groups is 1. The quantitative estimate of drug-likeness (QED) is 0.569. The first-order valence-electron chi connectivity index (χ1n) is 9.96. The van der Waals surface area contributed by atoms with Crippen molar-refractivity contribution < 1.29 is 9.53 Å². The van der Waals surface area contributed by atoms with Crippen LogP contribution in [0.5, 0.6) is 5.75 Å². The summed E-state index contributed by atoms with van der Waals surface area (Å²) in [5.41, 5.74) is 2.11. The number of aromatic nitrogens is 2. The van der Waals surface area contributed by atoms with Crippen molar-refractivity contribution in [2.24, 2.45) is 5.92 Å². The number of ketones is 1. The zero-order valence-corrected chi connectivity index (χ0v) is 17.6. The largest absolute Gasteiger partial charge is 0.497 e. The topological polar surface area (TPSA) is 84.1 Å². The Balaban J connectivity index is 1.86. The number of methoxy groups -OCH3 is 1. The molecule has 2 aliphatic rings. The number of Topliss-reactive ketones (excluding diaryl/α,β-unsaturated/α-hetero) is 1. The number of benzene rings is 1. The van der Waals surface area contributed by atoms with E-state index in [1.807, 2.05) is 24.3 Å². The molecule has 2 aromatic rings. The van der Waals surface area contributed by atoms with E-state index >= 15 is 0 Å². The first-order valence-corrected chi connectivity index (χ1v) is 10.8. The maximum atomic E-state index is 13.1. The van der Waals surface area contributed by atoms with E-state index in [1.54, 1.807) is 18.9 Å². The minimum absolute atomic E-state index is 0.152. The Morgan fingerprint density at radius 3 is 2.69 bits per heavy atom. The van der Waals surface area contributed by atoms with E-state index in [0.717, 1.165) is 23.4 Å². The van der Waals surface area contributed by atoms with Gasteiger partial charge in [0.25, 0.3) is 5.56 Å². The first kappa shape index (κ1) is 19.8. The summed E-state index contributed by atoms with van der Waals surface area (Å²) in [6.07, 6.45) is 4.25. The van der Waals surface area contributed by atoms with Crippen molar-refractivity contribution in [2.45, 2.75) is 49.4 Å². The van der Waals surface area contributed by atoms with E-state index in [2.05, 4.69) is 30.2 Å². The maximum absolute atomic E-state index is 13.1. The molecule has 2 N–H and O–H groups in total. The highest BCUT2D eigenvalue weighted by atomic mass is 32.2. The fourth-order valence-electron chi connectivity index (χ4n) is 3.97. The second kappa shape index (κ2) is 8.06. The van der Waals surface area contributed by atoms with E-state index in [0.29, 0.717) is 34.6 Å². The van der Waals surface area contributed by atoms with E-state index < -0.39 is 0 Å². The van der Waals surface area contributed by atoms with Gasteiger partial charge in [0, 0.05) is 23.3 Å². The summed E-state index contributed by atoms with van der Waals surface area (Å²) in [4.78, 5) is 33.6. The second-order valence-corrected chi connectivity index (χ2v) is 8.92. The smallest absolute Gasteiger partial charge is 0.257 e. The molecule has 0 radical (unpaired) electrons. The van der Waals surface area contributed by atoms with Crippen molar-refractivity contribution >= 4 is 23.4 Å². The van der Waals surface area contributed by atoms with Gasteiger partial charge >= 0.3 is 0 Å². The monoisotopic (exact) mass is 411 g/mol. The molecule has 0 bridgehead atoms. The predicted octanol–water partition coefficient (Wildman–Crippen LogP) is 4.09. The number of rotatable bonds is 5.